The van der Waals surface area contributed by atoms with Crippen LogP contribution in [-0.2, 0) is 4.79 Å². The molecule has 1 heterocycles. The average molecular weight is 290 g/mol. The van der Waals surface area contributed by atoms with Gasteiger partial charge in [0.2, 0.25) is 5.91 Å². The summed E-state index contributed by atoms with van der Waals surface area (Å²) in [5.41, 5.74) is 7.13. The standard InChI is InChI=1S/C16H26N4O/c1-19(2)15-7-10-20(11-8-15)12-9-16(21)18-14-5-3-13(17)4-6-14/h3-6,15H,7-12,17H2,1-2H3,(H,18,21). The van der Waals surface area contributed by atoms with Gasteiger partial charge in [-0.05, 0) is 64.3 Å². The largest absolute Gasteiger partial charge is 0.399 e. The number of anilines is 2. The minimum atomic E-state index is 0.0644. The summed E-state index contributed by atoms with van der Waals surface area (Å²) in [6.45, 7) is 3.00. The first-order valence-electron chi connectivity index (χ1n) is 7.59. The topological polar surface area (TPSA) is 61.6 Å². The van der Waals surface area contributed by atoms with Crippen molar-refractivity contribution >= 4 is 17.3 Å². The molecule has 1 aromatic carbocycles. The third-order valence-corrected chi connectivity index (χ3v) is 4.14. The van der Waals surface area contributed by atoms with Gasteiger partial charge in [-0.2, -0.15) is 0 Å². The van der Waals surface area contributed by atoms with Gasteiger partial charge >= 0.3 is 0 Å². The molecule has 0 spiro atoms. The number of hydrogen-bond donors (Lipinski definition) is 2. The van der Waals surface area contributed by atoms with E-state index in [1.165, 1.54) is 12.8 Å². The van der Waals surface area contributed by atoms with Crippen LogP contribution in [-0.4, -0.2) is 55.5 Å². The molecule has 21 heavy (non-hydrogen) atoms. The Morgan fingerprint density at radius 1 is 1.29 bits per heavy atom. The molecule has 0 saturated carbocycles. The molecule has 0 unspecified atom stereocenters. The molecule has 3 N–H and O–H groups in total. The van der Waals surface area contributed by atoms with Gasteiger partial charge < -0.3 is 20.9 Å². The Labute approximate surface area is 127 Å². The van der Waals surface area contributed by atoms with Crippen LogP contribution in [0.25, 0.3) is 0 Å². The van der Waals surface area contributed by atoms with E-state index in [4.69, 9.17) is 5.73 Å². The molecule has 1 aliphatic heterocycles. The SMILES string of the molecule is CN(C)C1CCN(CCC(=O)Nc2ccc(N)cc2)CC1. The highest BCUT2D eigenvalue weighted by Gasteiger charge is 2.20. The van der Waals surface area contributed by atoms with Crippen LogP contribution < -0.4 is 11.1 Å². The molecule has 0 aromatic heterocycles. The molecule has 1 amide bonds. The van der Waals surface area contributed by atoms with Crippen LogP contribution in [0.5, 0.6) is 0 Å². The molecule has 0 aliphatic carbocycles. The van der Waals surface area contributed by atoms with Crippen LogP contribution in [0, 0.1) is 0 Å². The molecular weight excluding hydrogens is 264 g/mol. The number of hydrogen-bond acceptors (Lipinski definition) is 4. The third-order valence-electron chi connectivity index (χ3n) is 4.14. The van der Waals surface area contributed by atoms with Crippen molar-refractivity contribution in [3.63, 3.8) is 0 Å². The van der Waals surface area contributed by atoms with Gasteiger partial charge in [-0.3, -0.25) is 4.79 Å². The molecule has 0 atom stereocenters. The van der Waals surface area contributed by atoms with Crippen LogP contribution in [0.15, 0.2) is 24.3 Å². The van der Waals surface area contributed by atoms with Crippen LogP contribution >= 0.6 is 0 Å². The third kappa shape index (κ3) is 5.02. The molecule has 0 bridgehead atoms. The summed E-state index contributed by atoms with van der Waals surface area (Å²) in [6.07, 6.45) is 2.91. The van der Waals surface area contributed by atoms with E-state index in [1.807, 2.05) is 12.1 Å². The van der Waals surface area contributed by atoms with E-state index in [0.717, 1.165) is 25.3 Å². The smallest absolute Gasteiger partial charge is 0.225 e. The number of nitrogens with two attached hydrogens (primary N) is 1. The lowest BCUT2D eigenvalue weighted by Gasteiger charge is -2.35. The summed E-state index contributed by atoms with van der Waals surface area (Å²) < 4.78 is 0. The number of nitrogens with zero attached hydrogens (tertiary/aromatic N) is 2. The van der Waals surface area contributed by atoms with Crippen LogP contribution in [0.3, 0.4) is 0 Å². The highest BCUT2D eigenvalue weighted by atomic mass is 16.1. The van der Waals surface area contributed by atoms with Crippen molar-refractivity contribution in [2.45, 2.75) is 25.3 Å². The van der Waals surface area contributed by atoms with E-state index >= 15 is 0 Å². The van der Waals surface area contributed by atoms with Crippen molar-refractivity contribution in [1.29, 1.82) is 0 Å². The monoisotopic (exact) mass is 290 g/mol. The molecule has 0 radical (unpaired) electrons. The van der Waals surface area contributed by atoms with Crippen LogP contribution in [0.2, 0.25) is 0 Å². The Morgan fingerprint density at radius 2 is 1.90 bits per heavy atom. The minimum absolute atomic E-state index is 0.0644. The second-order valence-corrected chi connectivity index (χ2v) is 5.96. The Balaban J connectivity index is 1.69. The number of amides is 1. The average Bonchev–Trinajstić information content (AvgIpc) is 2.48. The van der Waals surface area contributed by atoms with Gasteiger partial charge in [0.05, 0.1) is 0 Å². The molecule has 5 nitrogen and oxygen atoms in total. The summed E-state index contributed by atoms with van der Waals surface area (Å²) in [6, 6.07) is 7.93. The Kier molecular flexibility index (Phi) is 5.59. The first-order chi connectivity index (χ1) is 10.0. The molecule has 116 valence electrons. The Hall–Kier alpha value is -1.59. The van der Waals surface area contributed by atoms with Crippen LogP contribution in [0.4, 0.5) is 11.4 Å². The Bertz CT molecular complexity index is 450. The van der Waals surface area contributed by atoms with E-state index in [9.17, 15) is 4.79 Å². The van der Waals surface area contributed by atoms with Gasteiger partial charge in [0.1, 0.15) is 0 Å². The number of rotatable bonds is 5. The number of nitrogens with one attached hydrogen (secondary N) is 1. The number of carbonyl (C=O) groups is 1. The zero-order valence-corrected chi connectivity index (χ0v) is 13.0. The molecule has 5 heteroatoms. The quantitative estimate of drug-likeness (QED) is 0.809. The maximum Gasteiger partial charge on any atom is 0.225 e. The van der Waals surface area contributed by atoms with E-state index < -0.39 is 0 Å². The maximum absolute atomic E-state index is 11.9. The van der Waals surface area contributed by atoms with Gasteiger partial charge in [-0.25, -0.2) is 0 Å². The summed E-state index contributed by atoms with van der Waals surface area (Å²) >= 11 is 0. The molecule has 1 aliphatic rings. The van der Waals surface area contributed by atoms with E-state index in [1.54, 1.807) is 12.1 Å². The summed E-state index contributed by atoms with van der Waals surface area (Å²) in [7, 11) is 4.28. The zero-order chi connectivity index (χ0) is 15.2. The van der Waals surface area contributed by atoms with Crippen molar-refractivity contribution < 1.29 is 4.79 Å². The number of likely N-dealkylation sites (tertiary alicyclic amines) is 1. The molecular formula is C16H26N4O. The normalized spacial score (nSPS) is 17.1. The Morgan fingerprint density at radius 3 is 2.48 bits per heavy atom. The van der Waals surface area contributed by atoms with Crippen molar-refractivity contribution in [3.05, 3.63) is 24.3 Å². The zero-order valence-electron chi connectivity index (χ0n) is 13.0. The lowest BCUT2D eigenvalue weighted by atomic mass is 10.0. The van der Waals surface area contributed by atoms with Crippen molar-refractivity contribution in [2.24, 2.45) is 0 Å². The number of nitrogen functional groups attached to an aromatic ring is 1. The van der Waals surface area contributed by atoms with Crippen molar-refractivity contribution in [1.82, 2.24) is 9.80 Å². The first kappa shape index (κ1) is 15.8. The van der Waals surface area contributed by atoms with Gasteiger partial charge in [-0.15, -0.1) is 0 Å². The summed E-state index contributed by atoms with van der Waals surface area (Å²) in [5, 5.41) is 2.91. The number of benzene rings is 1. The fraction of sp³-hybridized carbons (Fsp3) is 0.562. The van der Waals surface area contributed by atoms with E-state index in [-0.39, 0.29) is 5.91 Å². The van der Waals surface area contributed by atoms with E-state index in [0.29, 0.717) is 18.2 Å². The number of carbonyl (C=O) groups excluding carboxylic acids is 1. The summed E-state index contributed by atoms with van der Waals surface area (Å²) in [5.74, 6) is 0.0644. The first-order valence-corrected chi connectivity index (χ1v) is 7.59. The predicted octanol–water partition coefficient (Wildman–Crippen LogP) is 1.62. The predicted molar refractivity (Wildman–Crippen MR) is 87.3 cm³/mol. The molecule has 2 rings (SSSR count). The lowest BCUT2D eigenvalue weighted by molar-refractivity contribution is -0.116. The van der Waals surface area contributed by atoms with Crippen molar-refractivity contribution in [3.8, 4) is 0 Å². The highest BCUT2D eigenvalue weighted by molar-refractivity contribution is 5.90. The van der Waals surface area contributed by atoms with Gasteiger partial charge in [0.15, 0.2) is 0 Å². The summed E-state index contributed by atoms with van der Waals surface area (Å²) in [4.78, 5) is 16.6. The lowest BCUT2D eigenvalue weighted by Crippen LogP contribution is -2.42. The second kappa shape index (κ2) is 7.43. The van der Waals surface area contributed by atoms with Gasteiger partial charge in [0.25, 0.3) is 0 Å². The van der Waals surface area contributed by atoms with Crippen molar-refractivity contribution in [2.75, 3.05) is 44.8 Å². The van der Waals surface area contributed by atoms with E-state index in [2.05, 4.69) is 29.2 Å². The fourth-order valence-corrected chi connectivity index (χ4v) is 2.71. The molecule has 1 aromatic rings. The molecule has 1 fully saturated rings. The minimum Gasteiger partial charge on any atom is -0.399 e. The van der Waals surface area contributed by atoms with Gasteiger partial charge in [-0.1, -0.05) is 0 Å². The second-order valence-electron chi connectivity index (χ2n) is 5.96. The number of piperidine rings is 1. The van der Waals surface area contributed by atoms with Gasteiger partial charge in [0, 0.05) is 30.4 Å². The maximum atomic E-state index is 11.9. The fourth-order valence-electron chi connectivity index (χ4n) is 2.71. The van der Waals surface area contributed by atoms with Crippen LogP contribution in [0.1, 0.15) is 19.3 Å². The molecule has 1 saturated heterocycles. The highest BCUT2D eigenvalue weighted by Crippen LogP contribution is 2.15.